The third kappa shape index (κ3) is 4.01. The van der Waals surface area contributed by atoms with E-state index in [-0.39, 0.29) is 5.92 Å². The lowest BCUT2D eigenvalue weighted by Crippen LogP contribution is -2.28. The normalized spacial score (nSPS) is 11.9. The summed E-state index contributed by atoms with van der Waals surface area (Å²) < 4.78 is 1.07. The Morgan fingerprint density at radius 2 is 2.18 bits per heavy atom. The molecule has 1 aromatic rings. The van der Waals surface area contributed by atoms with Gasteiger partial charge in [-0.1, -0.05) is 37.9 Å². The number of hydrogen-bond donors (Lipinski definition) is 0. The van der Waals surface area contributed by atoms with Crippen molar-refractivity contribution in [2.75, 3.05) is 18.0 Å². The highest BCUT2D eigenvalue weighted by atomic mass is 79.9. The van der Waals surface area contributed by atoms with Crippen LogP contribution in [0.25, 0.3) is 0 Å². The smallest absolute Gasteiger partial charge is 0.0671 e. The van der Waals surface area contributed by atoms with E-state index < -0.39 is 0 Å². The molecule has 0 aliphatic carbocycles. The number of benzene rings is 1. The molecule has 0 aromatic heterocycles. The maximum absolute atomic E-state index is 8.91. The summed E-state index contributed by atoms with van der Waals surface area (Å²) in [5.41, 5.74) is 2.45. The fourth-order valence-corrected chi connectivity index (χ4v) is 2.54. The second-order valence-corrected chi connectivity index (χ2v) is 5.45. The number of nitriles is 1. The van der Waals surface area contributed by atoms with Gasteiger partial charge in [-0.3, -0.25) is 0 Å². The molecule has 0 aliphatic heterocycles. The molecule has 1 atom stereocenters. The predicted molar refractivity (Wildman–Crippen MR) is 79.4 cm³/mol. The second kappa shape index (κ2) is 7.03. The number of rotatable bonds is 5. The fraction of sp³-hybridized carbons (Fsp3) is 0.462. The minimum Gasteiger partial charge on any atom is -0.370 e. The van der Waals surface area contributed by atoms with Crippen LogP contribution < -0.4 is 4.90 Å². The molecular weight excluding hydrogens is 344 g/mol. The Labute approximate surface area is 120 Å². The molecule has 0 bridgehead atoms. The van der Waals surface area contributed by atoms with Gasteiger partial charge in [-0.25, -0.2) is 0 Å². The summed E-state index contributed by atoms with van der Waals surface area (Å²) in [6, 6.07) is 8.55. The van der Waals surface area contributed by atoms with Crippen LogP contribution in [0, 0.1) is 17.2 Å². The molecule has 1 aromatic carbocycles. The van der Waals surface area contributed by atoms with Crippen molar-refractivity contribution in [3.05, 3.63) is 28.2 Å². The van der Waals surface area contributed by atoms with Crippen molar-refractivity contribution in [2.45, 2.75) is 19.2 Å². The van der Waals surface area contributed by atoms with Gasteiger partial charge >= 0.3 is 0 Å². The molecule has 0 saturated heterocycles. The number of anilines is 1. The molecule has 92 valence electrons. The molecule has 0 spiro atoms. The predicted octanol–water partition coefficient (Wildman–Crippen LogP) is 4.33. The fourth-order valence-electron chi connectivity index (χ4n) is 1.71. The maximum atomic E-state index is 8.91. The highest BCUT2D eigenvalue weighted by molar-refractivity contribution is 9.10. The van der Waals surface area contributed by atoms with Gasteiger partial charge in [0, 0.05) is 28.6 Å². The lowest BCUT2D eigenvalue weighted by atomic mass is 10.1. The molecule has 1 rings (SSSR count). The van der Waals surface area contributed by atoms with E-state index in [1.54, 1.807) is 0 Å². The SMILES string of the molecule is CCN(CC(C)C#N)c1cc(Br)ccc1CBr. The molecule has 0 saturated carbocycles. The third-order valence-electron chi connectivity index (χ3n) is 2.63. The number of alkyl halides is 1. The molecule has 0 radical (unpaired) electrons. The minimum atomic E-state index is 0.0390. The first-order chi connectivity index (χ1) is 8.12. The number of hydrogen-bond acceptors (Lipinski definition) is 2. The van der Waals surface area contributed by atoms with Crippen LogP contribution in [0.2, 0.25) is 0 Å². The zero-order valence-corrected chi connectivity index (χ0v) is 13.3. The summed E-state index contributed by atoms with van der Waals surface area (Å²) in [5.74, 6) is 0.0390. The molecule has 17 heavy (non-hydrogen) atoms. The van der Waals surface area contributed by atoms with E-state index in [9.17, 15) is 0 Å². The molecule has 1 unspecified atom stereocenters. The van der Waals surface area contributed by atoms with E-state index in [2.05, 4.69) is 61.9 Å². The monoisotopic (exact) mass is 358 g/mol. The van der Waals surface area contributed by atoms with Crippen LogP contribution in [-0.2, 0) is 5.33 Å². The molecule has 0 aliphatic rings. The van der Waals surface area contributed by atoms with Gasteiger partial charge in [-0.2, -0.15) is 5.26 Å². The van der Waals surface area contributed by atoms with Crippen molar-refractivity contribution >= 4 is 37.5 Å². The van der Waals surface area contributed by atoms with Gasteiger partial charge in [0.15, 0.2) is 0 Å². The molecular formula is C13H16Br2N2. The summed E-state index contributed by atoms with van der Waals surface area (Å²) in [6.45, 7) is 5.74. The van der Waals surface area contributed by atoms with E-state index in [4.69, 9.17) is 5.26 Å². The average Bonchev–Trinajstić information content (AvgIpc) is 2.35. The van der Waals surface area contributed by atoms with Crippen LogP contribution in [0.3, 0.4) is 0 Å². The summed E-state index contributed by atoms with van der Waals surface area (Å²) in [6.07, 6.45) is 0. The lowest BCUT2D eigenvalue weighted by Gasteiger charge is -2.26. The number of nitrogens with zero attached hydrogens (tertiary/aromatic N) is 2. The first-order valence-corrected chi connectivity index (χ1v) is 7.52. The van der Waals surface area contributed by atoms with Crippen LogP contribution in [-0.4, -0.2) is 13.1 Å². The van der Waals surface area contributed by atoms with Crippen LogP contribution >= 0.6 is 31.9 Å². The molecule has 0 amide bonds. The summed E-state index contributed by atoms with van der Waals surface area (Å²) in [7, 11) is 0. The maximum Gasteiger partial charge on any atom is 0.0671 e. The molecule has 0 heterocycles. The van der Waals surface area contributed by atoms with Gasteiger partial charge in [-0.15, -0.1) is 0 Å². The van der Waals surface area contributed by atoms with Crippen LogP contribution in [0.5, 0.6) is 0 Å². The van der Waals surface area contributed by atoms with Gasteiger partial charge in [0.25, 0.3) is 0 Å². The summed E-state index contributed by atoms with van der Waals surface area (Å²) in [5, 5.41) is 9.74. The Hall–Kier alpha value is -0.530. The van der Waals surface area contributed by atoms with Crippen LogP contribution in [0.4, 0.5) is 5.69 Å². The van der Waals surface area contributed by atoms with Crippen molar-refractivity contribution in [1.29, 1.82) is 5.26 Å². The van der Waals surface area contributed by atoms with Gasteiger partial charge in [0.2, 0.25) is 0 Å². The summed E-state index contributed by atoms with van der Waals surface area (Å²) in [4.78, 5) is 2.25. The van der Waals surface area contributed by atoms with Crippen LogP contribution in [0.15, 0.2) is 22.7 Å². The third-order valence-corrected chi connectivity index (χ3v) is 3.73. The quantitative estimate of drug-likeness (QED) is 0.731. The van der Waals surface area contributed by atoms with Crippen LogP contribution in [0.1, 0.15) is 19.4 Å². The van der Waals surface area contributed by atoms with Crippen molar-refractivity contribution in [1.82, 2.24) is 0 Å². The lowest BCUT2D eigenvalue weighted by molar-refractivity contribution is 0.684. The molecule has 2 nitrogen and oxygen atoms in total. The first-order valence-electron chi connectivity index (χ1n) is 5.61. The molecule has 0 fully saturated rings. The van der Waals surface area contributed by atoms with Gasteiger partial charge < -0.3 is 4.90 Å². The van der Waals surface area contributed by atoms with E-state index in [0.717, 1.165) is 22.9 Å². The first kappa shape index (κ1) is 14.5. The van der Waals surface area contributed by atoms with Crippen molar-refractivity contribution < 1.29 is 0 Å². The minimum absolute atomic E-state index is 0.0390. The van der Waals surface area contributed by atoms with Gasteiger partial charge in [0.1, 0.15) is 0 Å². The van der Waals surface area contributed by atoms with E-state index in [1.165, 1.54) is 11.3 Å². The number of halogens is 2. The Morgan fingerprint density at radius 1 is 1.47 bits per heavy atom. The average molecular weight is 360 g/mol. The van der Waals surface area contributed by atoms with E-state index in [0.29, 0.717) is 0 Å². The van der Waals surface area contributed by atoms with Crippen molar-refractivity contribution in [3.63, 3.8) is 0 Å². The topological polar surface area (TPSA) is 27.0 Å². The highest BCUT2D eigenvalue weighted by Crippen LogP contribution is 2.27. The Balaban J connectivity index is 3.02. The largest absolute Gasteiger partial charge is 0.370 e. The second-order valence-electron chi connectivity index (χ2n) is 3.98. The van der Waals surface area contributed by atoms with Crippen molar-refractivity contribution in [3.8, 4) is 6.07 Å². The van der Waals surface area contributed by atoms with Gasteiger partial charge in [-0.05, 0) is 31.5 Å². The molecule has 4 heteroatoms. The van der Waals surface area contributed by atoms with Gasteiger partial charge in [0.05, 0.1) is 12.0 Å². The zero-order valence-electron chi connectivity index (χ0n) is 10.1. The van der Waals surface area contributed by atoms with E-state index >= 15 is 0 Å². The highest BCUT2D eigenvalue weighted by Gasteiger charge is 2.12. The zero-order chi connectivity index (χ0) is 12.8. The van der Waals surface area contributed by atoms with E-state index in [1.807, 2.05) is 13.0 Å². The summed E-state index contributed by atoms with van der Waals surface area (Å²) >= 11 is 7.01. The Morgan fingerprint density at radius 3 is 2.71 bits per heavy atom. The Kier molecular flexibility index (Phi) is 6.01. The standard InChI is InChI=1S/C13H16Br2N2/c1-3-17(9-10(2)8-16)13-6-12(15)5-4-11(13)7-14/h4-6,10H,3,7,9H2,1-2H3. The van der Waals surface area contributed by atoms with Crippen molar-refractivity contribution in [2.24, 2.45) is 5.92 Å². The molecule has 0 N–H and O–H groups in total. The Bertz CT molecular complexity index is 412.